The SMILES string of the molecule is NC(=O)[C@H]1CCN(c2ncnc(N)c2F)C[C@@H]1N1CCC[C@@H](Nc2cc(CI)cc(C(F)(F)F)c2)C1=O. The lowest BCUT2D eigenvalue weighted by molar-refractivity contribution is -0.140. The molecule has 14 heteroatoms. The number of benzene rings is 1. The minimum atomic E-state index is -4.53. The van der Waals surface area contributed by atoms with Crippen LogP contribution in [0.2, 0.25) is 0 Å². The molecule has 200 valence electrons. The van der Waals surface area contributed by atoms with E-state index in [1.165, 1.54) is 4.90 Å². The third-order valence-corrected chi connectivity index (χ3v) is 7.61. The van der Waals surface area contributed by atoms with Gasteiger partial charge in [-0.3, -0.25) is 9.59 Å². The predicted octanol–water partition coefficient (Wildman–Crippen LogP) is 2.94. The molecule has 3 atom stereocenters. The van der Waals surface area contributed by atoms with Crippen LogP contribution >= 0.6 is 22.6 Å². The maximum Gasteiger partial charge on any atom is 0.416 e. The van der Waals surface area contributed by atoms with Gasteiger partial charge in [-0.25, -0.2) is 9.97 Å². The second-order valence-corrected chi connectivity index (χ2v) is 9.89. The standard InChI is InChI=1S/C23H26F4IN7O2/c24-18-19(29)31-11-32-21(18)34-5-3-15(20(30)36)17(10-34)35-4-1-2-16(22(35)37)33-14-7-12(9-28)6-13(8-14)23(25,26)27/h6-8,11,15-17,33H,1-5,9-10H2,(H2,30,36)(H2,29,31,32)/t15-,16+,17-/m0/s1. The molecule has 9 nitrogen and oxygen atoms in total. The second kappa shape index (κ2) is 10.8. The quantitative estimate of drug-likeness (QED) is 0.253. The molecular formula is C23H26F4IN7O2. The Morgan fingerprint density at radius 3 is 2.62 bits per heavy atom. The minimum Gasteiger partial charge on any atom is -0.381 e. The van der Waals surface area contributed by atoms with Crippen LogP contribution in [0.3, 0.4) is 0 Å². The summed E-state index contributed by atoms with van der Waals surface area (Å²) >= 11 is 1.98. The molecule has 4 rings (SSSR count). The summed E-state index contributed by atoms with van der Waals surface area (Å²) in [4.78, 5) is 36.6. The van der Waals surface area contributed by atoms with E-state index in [0.717, 1.165) is 18.5 Å². The van der Waals surface area contributed by atoms with Gasteiger partial charge in [0.2, 0.25) is 17.6 Å². The van der Waals surface area contributed by atoms with E-state index in [2.05, 4.69) is 15.3 Å². The van der Waals surface area contributed by atoms with Gasteiger partial charge < -0.3 is 26.6 Å². The number of halogens is 5. The maximum atomic E-state index is 14.6. The summed E-state index contributed by atoms with van der Waals surface area (Å²) in [5, 5.41) is 2.97. The van der Waals surface area contributed by atoms with Gasteiger partial charge in [-0.15, -0.1) is 0 Å². The van der Waals surface area contributed by atoms with Gasteiger partial charge in [-0.1, -0.05) is 22.6 Å². The van der Waals surface area contributed by atoms with Gasteiger partial charge in [0.15, 0.2) is 11.6 Å². The first kappa shape index (κ1) is 27.1. The summed E-state index contributed by atoms with van der Waals surface area (Å²) in [5.74, 6) is -2.77. The van der Waals surface area contributed by atoms with Crippen molar-refractivity contribution >= 4 is 51.7 Å². The smallest absolute Gasteiger partial charge is 0.381 e. The second-order valence-electron chi connectivity index (χ2n) is 9.13. The van der Waals surface area contributed by atoms with Crippen molar-refractivity contribution in [3.63, 3.8) is 0 Å². The van der Waals surface area contributed by atoms with Crippen molar-refractivity contribution in [3.8, 4) is 0 Å². The molecule has 0 spiro atoms. The number of carbonyl (C=O) groups is 2. The highest BCUT2D eigenvalue weighted by molar-refractivity contribution is 14.1. The molecule has 3 heterocycles. The molecule has 0 aliphatic carbocycles. The molecule has 2 aliphatic rings. The van der Waals surface area contributed by atoms with Crippen molar-refractivity contribution < 1.29 is 27.2 Å². The topological polar surface area (TPSA) is 130 Å². The third kappa shape index (κ3) is 5.83. The molecule has 0 radical (unpaired) electrons. The fraction of sp³-hybridized carbons (Fsp3) is 0.478. The van der Waals surface area contributed by atoms with Crippen LogP contribution in [0.25, 0.3) is 0 Å². The number of hydrogen-bond donors (Lipinski definition) is 3. The zero-order chi connectivity index (χ0) is 26.9. The van der Waals surface area contributed by atoms with Crippen molar-refractivity contribution in [3.05, 3.63) is 41.5 Å². The molecule has 0 unspecified atom stereocenters. The van der Waals surface area contributed by atoms with E-state index < -0.39 is 41.5 Å². The molecule has 5 N–H and O–H groups in total. The van der Waals surface area contributed by atoms with Gasteiger partial charge in [-0.05, 0) is 43.0 Å². The Balaban J connectivity index is 1.58. The number of nitrogens with one attached hydrogen (secondary N) is 1. The molecule has 2 amide bonds. The Kier molecular flexibility index (Phi) is 7.94. The fourth-order valence-corrected chi connectivity index (χ4v) is 5.39. The molecule has 37 heavy (non-hydrogen) atoms. The first-order valence-electron chi connectivity index (χ1n) is 11.6. The van der Waals surface area contributed by atoms with Gasteiger partial charge in [0, 0.05) is 29.7 Å². The number of primary amides is 1. The summed E-state index contributed by atoms with van der Waals surface area (Å²) in [7, 11) is 0. The normalized spacial score (nSPS) is 22.7. The Morgan fingerprint density at radius 2 is 1.95 bits per heavy atom. The Hall–Kier alpha value is -2.91. The van der Waals surface area contributed by atoms with E-state index in [4.69, 9.17) is 11.5 Å². The number of nitrogens with zero attached hydrogens (tertiary/aromatic N) is 4. The Labute approximate surface area is 224 Å². The lowest BCUT2D eigenvalue weighted by atomic mass is 9.87. The average molecular weight is 635 g/mol. The van der Waals surface area contributed by atoms with Crippen molar-refractivity contribution in [2.75, 3.05) is 35.6 Å². The zero-order valence-electron chi connectivity index (χ0n) is 19.6. The number of piperidine rings is 2. The van der Waals surface area contributed by atoms with Gasteiger partial charge >= 0.3 is 6.18 Å². The molecule has 0 saturated carbocycles. The first-order valence-corrected chi connectivity index (χ1v) is 13.2. The molecular weight excluding hydrogens is 609 g/mol. The number of rotatable bonds is 6. The van der Waals surface area contributed by atoms with Crippen LogP contribution in [-0.2, 0) is 20.2 Å². The number of nitrogens with two attached hydrogens (primary N) is 2. The number of likely N-dealkylation sites (tertiary alicyclic amines) is 1. The van der Waals surface area contributed by atoms with E-state index in [0.29, 0.717) is 29.4 Å². The molecule has 2 aromatic rings. The lowest BCUT2D eigenvalue weighted by Gasteiger charge is -2.46. The lowest BCUT2D eigenvalue weighted by Crippen LogP contribution is -2.61. The van der Waals surface area contributed by atoms with Gasteiger partial charge in [-0.2, -0.15) is 17.6 Å². The van der Waals surface area contributed by atoms with E-state index in [1.54, 1.807) is 11.0 Å². The summed E-state index contributed by atoms with van der Waals surface area (Å²) in [6.07, 6.45) is -2.18. The van der Waals surface area contributed by atoms with Crippen LogP contribution < -0.4 is 21.7 Å². The molecule has 2 aliphatic heterocycles. The third-order valence-electron chi connectivity index (χ3n) is 6.73. The number of carbonyl (C=O) groups excluding carboxylic acids is 2. The largest absolute Gasteiger partial charge is 0.416 e. The Morgan fingerprint density at radius 1 is 1.19 bits per heavy atom. The van der Waals surface area contributed by atoms with Crippen molar-refractivity contribution in [2.45, 2.75) is 41.9 Å². The Bertz CT molecular complexity index is 1180. The highest BCUT2D eigenvalue weighted by atomic mass is 127. The maximum absolute atomic E-state index is 14.6. The van der Waals surface area contributed by atoms with Crippen LogP contribution in [0.5, 0.6) is 0 Å². The average Bonchev–Trinajstić information content (AvgIpc) is 2.86. The van der Waals surface area contributed by atoms with E-state index in [-0.39, 0.29) is 42.7 Å². The van der Waals surface area contributed by atoms with E-state index in [9.17, 15) is 27.2 Å². The van der Waals surface area contributed by atoms with Crippen molar-refractivity contribution in [1.82, 2.24) is 14.9 Å². The summed E-state index contributed by atoms with van der Waals surface area (Å²) in [6.45, 7) is 0.682. The molecule has 1 aromatic carbocycles. The van der Waals surface area contributed by atoms with Crippen molar-refractivity contribution in [2.24, 2.45) is 11.7 Å². The van der Waals surface area contributed by atoms with Crippen LogP contribution in [-0.4, -0.2) is 58.4 Å². The first-order chi connectivity index (χ1) is 17.5. The summed E-state index contributed by atoms with van der Waals surface area (Å²) in [6, 6.07) is 2.18. The van der Waals surface area contributed by atoms with Crippen LogP contribution in [0.15, 0.2) is 24.5 Å². The number of alkyl halides is 4. The molecule has 2 saturated heterocycles. The van der Waals surface area contributed by atoms with Gasteiger partial charge in [0.1, 0.15) is 12.4 Å². The van der Waals surface area contributed by atoms with Crippen molar-refractivity contribution in [1.29, 1.82) is 0 Å². The summed E-state index contributed by atoms with van der Waals surface area (Å²) < 4.78 is 55.2. The van der Waals surface area contributed by atoms with E-state index in [1.807, 2.05) is 22.6 Å². The van der Waals surface area contributed by atoms with Crippen LogP contribution in [0, 0.1) is 11.7 Å². The number of hydrogen-bond acceptors (Lipinski definition) is 7. The molecule has 2 fully saturated rings. The number of amides is 2. The highest BCUT2D eigenvalue weighted by Crippen LogP contribution is 2.34. The fourth-order valence-electron chi connectivity index (χ4n) is 4.95. The van der Waals surface area contributed by atoms with Crippen LogP contribution in [0.4, 0.5) is 34.9 Å². The van der Waals surface area contributed by atoms with Crippen LogP contribution in [0.1, 0.15) is 30.4 Å². The van der Waals surface area contributed by atoms with E-state index >= 15 is 0 Å². The monoisotopic (exact) mass is 635 g/mol. The predicted molar refractivity (Wildman–Crippen MR) is 137 cm³/mol. The molecule has 1 aromatic heterocycles. The number of aromatic nitrogens is 2. The summed E-state index contributed by atoms with van der Waals surface area (Å²) in [5.41, 5.74) is 11.1. The molecule has 0 bridgehead atoms. The highest BCUT2D eigenvalue weighted by Gasteiger charge is 2.43. The minimum absolute atomic E-state index is 0.0325. The number of anilines is 3. The number of nitrogen functional groups attached to an aromatic ring is 1. The zero-order valence-corrected chi connectivity index (χ0v) is 21.8. The van der Waals surface area contributed by atoms with Gasteiger partial charge in [0.05, 0.1) is 17.5 Å². The van der Waals surface area contributed by atoms with Gasteiger partial charge in [0.25, 0.3) is 0 Å².